The lowest BCUT2D eigenvalue weighted by Gasteiger charge is -2.35. The van der Waals surface area contributed by atoms with Gasteiger partial charge in [0, 0.05) is 18.5 Å². The number of amides is 1. The molecule has 0 fully saturated rings. The smallest absolute Gasteiger partial charge is 0.344 e. The summed E-state index contributed by atoms with van der Waals surface area (Å²) in [6, 6.07) is 14.9. The number of carbonyl (C=O) groups is 2. The SMILES string of the molecule is CCCCC(=O)N(Cc1ccc(-c2ccccc2S(N)(=O)=O)cc1)C(C#N)(CC)C(=O)O. The van der Waals surface area contributed by atoms with Gasteiger partial charge in [-0.15, -0.1) is 0 Å². The maximum absolute atomic E-state index is 12.8. The van der Waals surface area contributed by atoms with Crippen LogP contribution in [0, 0.1) is 11.3 Å². The highest BCUT2D eigenvalue weighted by atomic mass is 32.2. The second kappa shape index (κ2) is 10.4. The van der Waals surface area contributed by atoms with Gasteiger partial charge in [0.2, 0.25) is 21.5 Å². The van der Waals surface area contributed by atoms with E-state index in [-0.39, 0.29) is 24.3 Å². The highest BCUT2D eigenvalue weighted by Gasteiger charge is 2.45. The fourth-order valence-electron chi connectivity index (χ4n) is 3.47. The van der Waals surface area contributed by atoms with Gasteiger partial charge in [0.25, 0.3) is 0 Å². The summed E-state index contributed by atoms with van der Waals surface area (Å²) >= 11 is 0. The minimum atomic E-state index is -3.92. The molecular weight excluding hydrogens is 430 g/mol. The molecule has 3 N–H and O–H groups in total. The molecule has 0 spiro atoms. The Morgan fingerprint density at radius 3 is 2.25 bits per heavy atom. The van der Waals surface area contributed by atoms with E-state index in [1.165, 1.54) is 6.07 Å². The van der Waals surface area contributed by atoms with E-state index in [0.717, 1.165) is 11.3 Å². The van der Waals surface area contributed by atoms with E-state index in [2.05, 4.69) is 0 Å². The van der Waals surface area contributed by atoms with Crippen molar-refractivity contribution in [1.29, 1.82) is 5.26 Å². The summed E-state index contributed by atoms with van der Waals surface area (Å²) < 4.78 is 23.8. The van der Waals surface area contributed by atoms with E-state index in [0.29, 0.717) is 23.1 Å². The molecule has 0 aromatic heterocycles. The summed E-state index contributed by atoms with van der Waals surface area (Å²) in [6.45, 7) is 3.42. The van der Waals surface area contributed by atoms with Gasteiger partial charge in [0.15, 0.2) is 0 Å². The highest BCUT2D eigenvalue weighted by molar-refractivity contribution is 7.89. The van der Waals surface area contributed by atoms with Gasteiger partial charge < -0.3 is 10.0 Å². The van der Waals surface area contributed by atoms with Crippen molar-refractivity contribution >= 4 is 21.9 Å². The van der Waals surface area contributed by atoms with Crippen molar-refractivity contribution < 1.29 is 23.1 Å². The zero-order valence-electron chi connectivity index (χ0n) is 18.1. The molecule has 2 rings (SSSR count). The number of carboxylic acid groups (broad SMARTS) is 1. The third kappa shape index (κ3) is 5.33. The average Bonchev–Trinajstić information content (AvgIpc) is 2.77. The Morgan fingerprint density at radius 2 is 1.75 bits per heavy atom. The zero-order chi connectivity index (χ0) is 23.9. The standard InChI is InChI=1S/C23H27N3O5S/c1-3-5-10-21(27)26(23(4-2,16-24)22(28)29)15-17-11-13-18(14-12-17)19-8-6-7-9-20(19)32(25,30)31/h6-9,11-14H,3-5,10,15H2,1-2H3,(H,28,29)(H2,25,30,31). The number of carbonyl (C=O) groups excluding carboxylic acids is 1. The summed E-state index contributed by atoms with van der Waals surface area (Å²) in [5.74, 6) is -1.77. The Bertz CT molecular complexity index is 1120. The van der Waals surface area contributed by atoms with Gasteiger partial charge in [-0.2, -0.15) is 5.26 Å². The maximum Gasteiger partial charge on any atom is 0.344 e. The van der Waals surface area contributed by atoms with Crippen molar-refractivity contribution in [1.82, 2.24) is 4.90 Å². The largest absolute Gasteiger partial charge is 0.479 e. The number of benzene rings is 2. The summed E-state index contributed by atoms with van der Waals surface area (Å²) in [5.41, 5.74) is -0.324. The van der Waals surface area contributed by atoms with E-state index in [1.54, 1.807) is 49.4 Å². The number of sulfonamides is 1. The second-order valence-corrected chi connectivity index (χ2v) is 8.98. The number of nitrogens with two attached hydrogens (primary N) is 1. The number of nitrogens with zero attached hydrogens (tertiary/aromatic N) is 2. The molecule has 0 saturated carbocycles. The molecule has 9 heteroatoms. The quantitative estimate of drug-likeness (QED) is 0.561. The molecule has 0 heterocycles. The molecule has 0 aliphatic rings. The Labute approximate surface area is 188 Å². The van der Waals surface area contributed by atoms with Crippen LogP contribution in [0.25, 0.3) is 11.1 Å². The first-order chi connectivity index (χ1) is 15.1. The normalized spacial score (nSPS) is 13.1. The van der Waals surface area contributed by atoms with Crippen LogP contribution in [-0.2, 0) is 26.2 Å². The molecule has 32 heavy (non-hydrogen) atoms. The molecule has 1 atom stereocenters. The predicted octanol–water partition coefficient (Wildman–Crippen LogP) is 3.28. The number of carboxylic acids is 1. The number of rotatable bonds is 10. The summed E-state index contributed by atoms with van der Waals surface area (Å²) in [4.78, 5) is 25.9. The first kappa shape index (κ1) is 25.0. The van der Waals surface area contributed by atoms with Gasteiger partial charge in [-0.05, 0) is 30.0 Å². The third-order valence-corrected chi connectivity index (χ3v) is 6.32. The summed E-state index contributed by atoms with van der Waals surface area (Å²) in [6.07, 6.45) is 1.43. The van der Waals surface area contributed by atoms with Crippen LogP contribution in [0.5, 0.6) is 0 Å². The molecule has 0 aliphatic heterocycles. The summed E-state index contributed by atoms with van der Waals surface area (Å²) in [7, 11) is -3.92. The third-order valence-electron chi connectivity index (χ3n) is 5.36. The minimum Gasteiger partial charge on any atom is -0.479 e. The molecule has 0 saturated heterocycles. The molecule has 1 unspecified atom stereocenters. The first-order valence-electron chi connectivity index (χ1n) is 10.3. The minimum absolute atomic E-state index is 0.00974. The van der Waals surface area contributed by atoms with Gasteiger partial charge in [-0.25, -0.2) is 18.4 Å². The predicted molar refractivity (Wildman–Crippen MR) is 120 cm³/mol. The Kier molecular flexibility index (Phi) is 8.14. The lowest BCUT2D eigenvalue weighted by molar-refractivity contribution is -0.156. The summed E-state index contributed by atoms with van der Waals surface area (Å²) in [5, 5.41) is 24.7. The van der Waals surface area contributed by atoms with Gasteiger partial charge in [0.1, 0.15) is 6.07 Å². The van der Waals surface area contributed by atoms with Crippen LogP contribution in [0.4, 0.5) is 0 Å². The van der Waals surface area contributed by atoms with Crippen LogP contribution in [0.1, 0.15) is 45.1 Å². The van der Waals surface area contributed by atoms with E-state index in [4.69, 9.17) is 5.14 Å². The molecule has 0 radical (unpaired) electrons. The molecule has 0 aliphatic carbocycles. The molecule has 8 nitrogen and oxygen atoms in total. The molecule has 2 aromatic carbocycles. The van der Waals surface area contributed by atoms with Gasteiger partial charge in [-0.1, -0.05) is 62.7 Å². The molecule has 0 bridgehead atoms. The number of hydrogen-bond acceptors (Lipinski definition) is 5. The average molecular weight is 458 g/mol. The van der Waals surface area contributed by atoms with Crippen LogP contribution in [0.15, 0.2) is 53.4 Å². The number of nitriles is 1. The number of unbranched alkanes of at least 4 members (excludes halogenated alkanes) is 1. The topological polar surface area (TPSA) is 142 Å². The van der Waals surface area contributed by atoms with E-state index >= 15 is 0 Å². The van der Waals surface area contributed by atoms with Crippen LogP contribution in [0.3, 0.4) is 0 Å². The fourth-order valence-corrected chi connectivity index (χ4v) is 4.23. The lowest BCUT2D eigenvalue weighted by atomic mass is 9.93. The molecule has 1 amide bonds. The van der Waals surface area contributed by atoms with Crippen LogP contribution < -0.4 is 5.14 Å². The number of aliphatic carboxylic acids is 1. The van der Waals surface area contributed by atoms with Crippen molar-refractivity contribution in [3.8, 4) is 17.2 Å². The van der Waals surface area contributed by atoms with E-state index in [9.17, 15) is 28.4 Å². The lowest BCUT2D eigenvalue weighted by Crippen LogP contribution is -2.55. The second-order valence-electron chi connectivity index (χ2n) is 7.45. The number of primary sulfonamides is 1. The van der Waals surface area contributed by atoms with Gasteiger partial charge >= 0.3 is 5.97 Å². The maximum atomic E-state index is 12.8. The molecule has 2 aromatic rings. The van der Waals surface area contributed by atoms with E-state index in [1.807, 2.05) is 13.0 Å². The van der Waals surface area contributed by atoms with Crippen molar-refractivity contribution in [2.75, 3.05) is 0 Å². The van der Waals surface area contributed by atoms with Crippen molar-refractivity contribution in [2.45, 2.75) is 56.5 Å². The molecular formula is C23H27N3O5S. The monoisotopic (exact) mass is 457 g/mol. The highest BCUT2D eigenvalue weighted by Crippen LogP contribution is 2.28. The van der Waals surface area contributed by atoms with Crippen LogP contribution in [0.2, 0.25) is 0 Å². The van der Waals surface area contributed by atoms with Gasteiger partial charge in [-0.3, -0.25) is 4.79 Å². The van der Waals surface area contributed by atoms with Crippen molar-refractivity contribution in [3.63, 3.8) is 0 Å². The Hall–Kier alpha value is -3.22. The van der Waals surface area contributed by atoms with Crippen LogP contribution in [-0.4, -0.2) is 35.8 Å². The van der Waals surface area contributed by atoms with E-state index < -0.39 is 27.4 Å². The van der Waals surface area contributed by atoms with Crippen LogP contribution >= 0.6 is 0 Å². The van der Waals surface area contributed by atoms with Gasteiger partial charge in [0.05, 0.1) is 4.90 Å². The Balaban J connectivity index is 2.43. The Morgan fingerprint density at radius 1 is 1.12 bits per heavy atom. The number of hydrogen-bond donors (Lipinski definition) is 2. The first-order valence-corrected chi connectivity index (χ1v) is 11.8. The molecule has 170 valence electrons. The fraction of sp³-hybridized carbons (Fsp3) is 0.348. The van der Waals surface area contributed by atoms with Crippen molar-refractivity contribution in [2.24, 2.45) is 5.14 Å². The zero-order valence-corrected chi connectivity index (χ0v) is 18.9. The van der Waals surface area contributed by atoms with Crippen molar-refractivity contribution in [3.05, 3.63) is 54.1 Å².